The molecule has 0 radical (unpaired) electrons. The molecule has 0 aromatic carbocycles. The van der Waals surface area contributed by atoms with Crippen LogP contribution in [-0.4, -0.2) is 20.5 Å². The summed E-state index contributed by atoms with van der Waals surface area (Å²) in [6.45, 7) is 5.03. The third kappa shape index (κ3) is 2.04. The summed E-state index contributed by atoms with van der Waals surface area (Å²) in [5.74, 6) is 0.826. The third-order valence-corrected chi connectivity index (χ3v) is 1.28. The Morgan fingerprint density at radius 2 is 2.10 bits per heavy atom. The highest BCUT2D eigenvalue weighted by molar-refractivity contribution is 6.37. The minimum absolute atomic E-state index is 0.476. The average molecular weight is 142 g/mol. The molecule has 1 saturated heterocycles. The fourth-order valence-corrected chi connectivity index (χ4v) is 0.625. The minimum Gasteiger partial charge on any atom is -0.516 e. The zero-order valence-electron chi connectivity index (χ0n) is 6.29. The lowest BCUT2D eigenvalue weighted by atomic mass is 10.2. The molecule has 0 amide bonds. The van der Waals surface area contributed by atoms with Crippen molar-refractivity contribution in [3.63, 3.8) is 0 Å². The van der Waals surface area contributed by atoms with Crippen LogP contribution < -0.4 is 0 Å². The van der Waals surface area contributed by atoms with Crippen molar-refractivity contribution >= 4 is 7.32 Å². The second kappa shape index (κ2) is 3.63. The fourth-order valence-electron chi connectivity index (χ4n) is 0.625. The van der Waals surface area contributed by atoms with E-state index in [1.165, 1.54) is 0 Å². The van der Waals surface area contributed by atoms with E-state index in [2.05, 4.69) is 0 Å². The molecule has 3 nitrogen and oxygen atoms in total. The Hall–Kier alpha value is -0.475. The van der Waals surface area contributed by atoms with E-state index in [9.17, 15) is 0 Å². The van der Waals surface area contributed by atoms with Crippen molar-refractivity contribution in [1.82, 2.24) is 0 Å². The van der Waals surface area contributed by atoms with Gasteiger partial charge in [0.25, 0.3) is 0 Å². The Balaban J connectivity index is 2.24. The van der Waals surface area contributed by atoms with Gasteiger partial charge in [0.05, 0.1) is 19.0 Å². The number of hydrogen-bond donors (Lipinski definition) is 0. The highest BCUT2D eigenvalue weighted by Crippen LogP contribution is 2.05. The topological polar surface area (TPSA) is 27.7 Å². The zero-order valence-corrected chi connectivity index (χ0v) is 6.29. The lowest BCUT2D eigenvalue weighted by Crippen LogP contribution is -2.18. The summed E-state index contributed by atoms with van der Waals surface area (Å²) in [4.78, 5) is 0. The van der Waals surface area contributed by atoms with Crippen LogP contribution in [0.2, 0.25) is 0 Å². The van der Waals surface area contributed by atoms with E-state index in [4.69, 9.17) is 14.0 Å². The molecular weight excluding hydrogens is 131 g/mol. The molecular formula is C6H11BO3. The molecule has 1 aliphatic heterocycles. The summed E-state index contributed by atoms with van der Waals surface area (Å²) in [7, 11) is -0.476. The van der Waals surface area contributed by atoms with E-state index in [0.29, 0.717) is 13.2 Å². The first-order chi connectivity index (χ1) is 4.83. The molecule has 0 bridgehead atoms. The molecule has 0 unspecified atom stereocenters. The van der Waals surface area contributed by atoms with E-state index in [0.717, 1.165) is 5.76 Å². The molecule has 56 valence electrons. The van der Waals surface area contributed by atoms with Crippen LogP contribution in [0.4, 0.5) is 0 Å². The molecule has 0 aromatic heterocycles. The first-order valence-electron chi connectivity index (χ1n) is 3.35. The Morgan fingerprint density at radius 1 is 1.50 bits per heavy atom. The van der Waals surface area contributed by atoms with Gasteiger partial charge in [-0.05, 0) is 13.8 Å². The Bertz CT molecular complexity index is 129. The maximum Gasteiger partial charge on any atom is 0.713 e. The smallest absolute Gasteiger partial charge is 0.516 e. The van der Waals surface area contributed by atoms with Crippen LogP contribution in [0.3, 0.4) is 0 Å². The molecule has 0 spiro atoms. The molecule has 0 aliphatic carbocycles. The molecule has 1 fully saturated rings. The molecule has 1 aliphatic rings. The second-order valence-electron chi connectivity index (χ2n) is 2.05. The quantitative estimate of drug-likeness (QED) is 0.424. The molecule has 0 atom stereocenters. The largest absolute Gasteiger partial charge is 0.713 e. The first-order valence-corrected chi connectivity index (χ1v) is 3.35. The maximum atomic E-state index is 5.18. The van der Waals surface area contributed by atoms with E-state index in [-0.39, 0.29) is 0 Å². The van der Waals surface area contributed by atoms with Crippen LogP contribution in [0.15, 0.2) is 11.8 Å². The van der Waals surface area contributed by atoms with Crippen LogP contribution >= 0.6 is 0 Å². The minimum atomic E-state index is -0.476. The maximum absolute atomic E-state index is 5.18. The SMILES string of the molecule is C/C=C(\C)OB1OCCO1. The summed E-state index contributed by atoms with van der Waals surface area (Å²) in [5, 5.41) is 0. The van der Waals surface area contributed by atoms with Crippen molar-refractivity contribution in [2.75, 3.05) is 13.2 Å². The molecule has 10 heavy (non-hydrogen) atoms. The molecule has 0 aromatic rings. The summed E-state index contributed by atoms with van der Waals surface area (Å²) in [5.41, 5.74) is 0. The van der Waals surface area contributed by atoms with Gasteiger partial charge in [0.1, 0.15) is 0 Å². The van der Waals surface area contributed by atoms with Crippen molar-refractivity contribution in [3.05, 3.63) is 11.8 Å². The zero-order chi connectivity index (χ0) is 7.40. The standard InChI is InChI=1S/C6H11BO3/c1-3-6(2)10-7-8-4-5-9-7/h3H,4-5H2,1-2H3/b6-3+. The van der Waals surface area contributed by atoms with Gasteiger partial charge >= 0.3 is 7.32 Å². The van der Waals surface area contributed by atoms with E-state index in [1.807, 2.05) is 19.9 Å². The van der Waals surface area contributed by atoms with Gasteiger partial charge in [-0.15, -0.1) is 0 Å². The van der Waals surface area contributed by atoms with Gasteiger partial charge in [0, 0.05) is 0 Å². The predicted octanol–water partition coefficient (Wildman–Crippen LogP) is 0.958. The van der Waals surface area contributed by atoms with Gasteiger partial charge in [-0.2, -0.15) is 0 Å². The van der Waals surface area contributed by atoms with Gasteiger partial charge in [0.2, 0.25) is 0 Å². The Morgan fingerprint density at radius 3 is 2.60 bits per heavy atom. The van der Waals surface area contributed by atoms with Crippen molar-refractivity contribution in [2.45, 2.75) is 13.8 Å². The van der Waals surface area contributed by atoms with Crippen molar-refractivity contribution in [2.24, 2.45) is 0 Å². The molecule has 4 heteroatoms. The lowest BCUT2D eigenvalue weighted by Gasteiger charge is -2.05. The number of hydrogen-bond acceptors (Lipinski definition) is 3. The van der Waals surface area contributed by atoms with Gasteiger partial charge < -0.3 is 14.0 Å². The van der Waals surface area contributed by atoms with Crippen LogP contribution in [-0.2, 0) is 14.0 Å². The molecule has 1 rings (SSSR count). The number of allylic oxidation sites excluding steroid dienone is 2. The third-order valence-electron chi connectivity index (χ3n) is 1.28. The highest BCUT2D eigenvalue weighted by Gasteiger charge is 2.28. The monoisotopic (exact) mass is 142 g/mol. The van der Waals surface area contributed by atoms with Crippen LogP contribution in [0.25, 0.3) is 0 Å². The summed E-state index contributed by atoms with van der Waals surface area (Å²) in [6.07, 6.45) is 1.87. The summed E-state index contributed by atoms with van der Waals surface area (Å²) in [6, 6.07) is 0. The van der Waals surface area contributed by atoms with E-state index in [1.54, 1.807) is 0 Å². The van der Waals surface area contributed by atoms with Gasteiger partial charge in [-0.1, -0.05) is 6.08 Å². The summed E-state index contributed by atoms with van der Waals surface area (Å²) >= 11 is 0. The van der Waals surface area contributed by atoms with Crippen LogP contribution in [0.5, 0.6) is 0 Å². The Kier molecular flexibility index (Phi) is 2.77. The normalized spacial score (nSPS) is 19.8. The summed E-state index contributed by atoms with van der Waals surface area (Å²) < 4.78 is 15.3. The van der Waals surface area contributed by atoms with Crippen molar-refractivity contribution in [1.29, 1.82) is 0 Å². The van der Waals surface area contributed by atoms with E-state index >= 15 is 0 Å². The fraction of sp³-hybridized carbons (Fsp3) is 0.667. The molecule has 0 N–H and O–H groups in total. The van der Waals surface area contributed by atoms with Crippen LogP contribution in [0.1, 0.15) is 13.8 Å². The Labute approximate surface area is 61.1 Å². The molecule has 0 saturated carbocycles. The van der Waals surface area contributed by atoms with Gasteiger partial charge in [-0.3, -0.25) is 0 Å². The van der Waals surface area contributed by atoms with Gasteiger partial charge in [0.15, 0.2) is 0 Å². The highest BCUT2D eigenvalue weighted by atomic mass is 16.8. The second-order valence-corrected chi connectivity index (χ2v) is 2.05. The average Bonchev–Trinajstić information content (AvgIpc) is 2.40. The first kappa shape index (κ1) is 7.63. The lowest BCUT2D eigenvalue weighted by molar-refractivity contribution is 0.226. The van der Waals surface area contributed by atoms with Gasteiger partial charge in [-0.25, -0.2) is 0 Å². The molecule has 1 heterocycles. The van der Waals surface area contributed by atoms with Crippen molar-refractivity contribution < 1.29 is 14.0 Å². The van der Waals surface area contributed by atoms with E-state index < -0.39 is 7.32 Å². The predicted molar refractivity (Wildman–Crippen MR) is 38.2 cm³/mol. The number of rotatable bonds is 2. The van der Waals surface area contributed by atoms with Crippen molar-refractivity contribution in [3.8, 4) is 0 Å². The van der Waals surface area contributed by atoms with Crippen LogP contribution in [0, 0.1) is 0 Å².